The van der Waals surface area contributed by atoms with Gasteiger partial charge in [-0.3, -0.25) is 4.79 Å². The fraction of sp³-hybridized carbons (Fsp3) is 0.214. The Morgan fingerprint density at radius 3 is 2.80 bits per heavy atom. The van der Waals surface area contributed by atoms with Gasteiger partial charge in [0.2, 0.25) is 0 Å². The second-order valence-electron chi connectivity index (χ2n) is 4.51. The molecule has 1 heterocycles. The number of thiophene rings is 1. The summed E-state index contributed by atoms with van der Waals surface area (Å²) >= 11 is 7.91. The van der Waals surface area contributed by atoms with Crippen LogP contribution in [0.3, 0.4) is 0 Å². The molecule has 1 aromatic heterocycles. The van der Waals surface area contributed by atoms with Gasteiger partial charge in [0, 0.05) is 24.2 Å². The van der Waals surface area contributed by atoms with Crippen LogP contribution in [-0.2, 0) is 6.42 Å². The minimum Gasteiger partial charge on any atom is -0.399 e. The Kier molecular flexibility index (Phi) is 4.52. The van der Waals surface area contributed by atoms with Gasteiger partial charge >= 0.3 is 0 Å². The minimum absolute atomic E-state index is 0.351. The fourth-order valence-corrected chi connectivity index (χ4v) is 3.11. The highest BCUT2D eigenvalue weighted by atomic mass is 35.5. The molecule has 0 saturated heterocycles. The Hall–Kier alpha value is -1.72. The van der Waals surface area contributed by atoms with E-state index in [1.54, 1.807) is 23.5 Å². The van der Waals surface area contributed by atoms with E-state index in [9.17, 15) is 4.79 Å². The first-order valence-electron chi connectivity index (χ1n) is 6.11. The maximum absolute atomic E-state index is 11.5. The summed E-state index contributed by atoms with van der Waals surface area (Å²) in [4.78, 5) is 14.8. The summed E-state index contributed by atoms with van der Waals surface area (Å²) in [7, 11) is 1.89. The van der Waals surface area contributed by atoms with Crippen molar-refractivity contribution in [3.63, 3.8) is 0 Å². The summed E-state index contributed by atoms with van der Waals surface area (Å²) in [5, 5.41) is 2.48. The maximum atomic E-state index is 11.5. The number of hydrogen-bond acceptors (Lipinski definition) is 4. The van der Waals surface area contributed by atoms with Gasteiger partial charge in [0.05, 0.1) is 16.3 Å². The Morgan fingerprint density at radius 2 is 2.20 bits per heavy atom. The van der Waals surface area contributed by atoms with Crippen molar-refractivity contribution in [2.24, 2.45) is 5.73 Å². The van der Waals surface area contributed by atoms with E-state index in [0.717, 1.165) is 13.0 Å². The van der Waals surface area contributed by atoms with Gasteiger partial charge < -0.3 is 16.4 Å². The number of anilines is 2. The molecule has 20 heavy (non-hydrogen) atoms. The molecule has 0 aliphatic carbocycles. The minimum atomic E-state index is -0.530. The van der Waals surface area contributed by atoms with E-state index < -0.39 is 5.91 Å². The number of halogens is 1. The van der Waals surface area contributed by atoms with Crippen molar-refractivity contribution in [3.05, 3.63) is 45.1 Å². The lowest BCUT2D eigenvalue weighted by atomic mass is 10.1. The predicted octanol–water partition coefficient (Wildman–Crippen LogP) is 2.76. The Balaban J connectivity index is 2.24. The van der Waals surface area contributed by atoms with Crippen LogP contribution in [0.25, 0.3) is 0 Å². The predicted molar refractivity (Wildman–Crippen MR) is 85.7 cm³/mol. The van der Waals surface area contributed by atoms with Crippen molar-refractivity contribution in [1.82, 2.24) is 0 Å². The summed E-state index contributed by atoms with van der Waals surface area (Å²) in [5.74, 6) is -0.530. The van der Waals surface area contributed by atoms with Crippen molar-refractivity contribution in [3.8, 4) is 0 Å². The van der Waals surface area contributed by atoms with E-state index >= 15 is 0 Å². The summed E-state index contributed by atoms with van der Waals surface area (Å²) in [6.07, 6.45) is 0.882. The molecule has 0 spiro atoms. The molecule has 2 rings (SSSR count). The summed E-state index contributed by atoms with van der Waals surface area (Å²) < 4.78 is 0. The zero-order valence-electron chi connectivity index (χ0n) is 11.1. The largest absolute Gasteiger partial charge is 0.399 e. The zero-order chi connectivity index (χ0) is 14.7. The van der Waals surface area contributed by atoms with Gasteiger partial charge in [0.15, 0.2) is 0 Å². The van der Waals surface area contributed by atoms with Gasteiger partial charge in [-0.15, -0.1) is 11.3 Å². The highest BCUT2D eigenvalue weighted by molar-refractivity contribution is 7.09. The number of carbonyl (C=O) groups excluding carboxylic acids is 1. The molecule has 0 fully saturated rings. The van der Waals surface area contributed by atoms with Crippen molar-refractivity contribution < 1.29 is 4.79 Å². The van der Waals surface area contributed by atoms with Crippen LogP contribution in [0.4, 0.5) is 11.4 Å². The monoisotopic (exact) mass is 309 g/mol. The molecular weight excluding hydrogens is 294 g/mol. The van der Waals surface area contributed by atoms with Gasteiger partial charge in [0.25, 0.3) is 5.91 Å². The topological polar surface area (TPSA) is 72.3 Å². The Labute approximate surface area is 126 Å². The Bertz CT molecular complexity index is 613. The third-order valence-corrected chi connectivity index (χ3v) is 4.23. The Morgan fingerprint density at radius 1 is 1.45 bits per heavy atom. The average molecular weight is 310 g/mol. The highest BCUT2D eigenvalue weighted by Crippen LogP contribution is 2.32. The second kappa shape index (κ2) is 6.15. The van der Waals surface area contributed by atoms with E-state index in [2.05, 4.69) is 6.07 Å². The quantitative estimate of drug-likeness (QED) is 0.834. The molecule has 0 bridgehead atoms. The smallest absolute Gasteiger partial charge is 0.250 e. The number of nitrogen functional groups attached to an aromatic ring is 1. The number of amides is 1. The van der Waals surface area contributed by atoms with Crippen molar-refractivity contribution in [1.29, 1.82) is 0 Å². The van der Waals surface area contributed by atoms with Crippen LogP contribution in [0, 0.1) is 0 Å². The number of rotatable bonds is 5. The molecule has 106 valence electrons. The summed E-state index contributed by atoms with van der Waals surface area (Å²) in [6.45, 7) is 0.741. The number of likely N-dealkylation sites (N-methyl/N-ethyl adjacent to an activating group) is 1. The normalized spacial score (nSPS) is 10.5. The van der Waals surface area contributed by atoms with Gasteiger partial charge in [-0.2, -0.15) is 0 Å². The van der Waals surface area contributed by atoms with Gasteiger partial charge in [-0.25, -0.2) is 0 Å². The standard InChI is InChI=1S/C14H16ClN3OS/c1-18(5-4-10-3-2-6-20-10)13-11(14(17)19)7-9(16)8-12(13)15/h2-3,6-8H,4-5,16H2,1H3,(H2,17,19). The maximum Gasteiger partial charge on any atom is 0.250 e. The van der Waals surface area contributed by atoms with Crippen LogP contribution >= 0.6 is 22.9 Å². The van der Waals surface area contributed by atoms with E-state index in [1.807, 2.05) is 23.4 Å². The van der Waals surface area contributed by atoms with Crippen LogP contribution in [0.5, 0.6) is 0 Å². The van der Waals surface area contributed by atoms with Crippen molar-refractivity contribution in [2.45, 2.75) is 6.42 Å². The van der Waals surface area contributed by atoms with E-state index in [1.165, 1.54) is 4.88 Å². The number of nitrogens with two attached hydrogens (primary N) is 2. The molecule has 4 N–H and O–H groups in total. The third kappa shape index (κ3) is 3.23. The summed E-state index contributed by atoms with van der Waals surface area (Å²) in [6, 6.07) is 7.29. The molecule has 0 radical (unpaired) electrons. The molecule has 6 heteroatoms. The molecule has 0 saturated carbocycles. The average Bonchev–Trinajstić information content (AvgIpc) is 2.88. The molecule has 4 nitrogen and oxygen atoms in total. The van der Waals surface area contributed by atoms with Crippen LogP contribution in [0.2, 0.25) is 5.02 Å². The number of nitrogens with zero attached hydrogens (tertiary/aromatic N) is 1. The zero-order valence-corrected chi connectivity index (χ0v) is 12.7. The molecule has 1 aromatic carbocycles. The highest BCUT2D eigenvalue weighted by Gasteiger charge is 2.17. The van der Waals surface area contributed by atoms with Crippen molar-refractivity contribution in [2.75, 3.05) is 24.2 Å². The molecule has 0 unspecified atom stereocenters. The van der Waals surface area contributed by atoms with Gasteiger partial charge in [0.1, 0.15) is 0 Å². The number of carbonyl (C=O) groups is 1. The van der Waals surface area contributed by atoms with Crippen LogP contribution < -0.4 is 16.4 Å². The fourth-order valence-electron chi connectivity index (χ4n) is 2.04. The first kappa shape index (κ1) is 14.7. The second-order valence-corrected chi connectivity index (χ2v) is 5.95. The molecule has 0 atom stereocenters. The lowest BCUT2D eigenvalue weighted by Crippen LogP contribution is -2.25. The first-order chi connectivity index (χ1) is 9.49. The molecule has 1 amide bonds. The van der Waals surface area contributed by atoms with Crippen LogP contribution in [0.15, 0.2) is 29.6 Å². The van der Waals surface area contributed by atoms with Crippen LogP contribution in [0.1, 0.15) is 15.2 Å². The van der Waals surface area contributed by atoms with E-state index in [0.29, 0.717) is 22.0 Å². The molecule has 2 aromatic rings. The third-order valence-electron chi connectivity index (χ3n) is 3.01. The van der Waals surface area contributed by atoms with Gasteiger partial charge in [-0.1, -0.05) is 17.7 Å². The lowest BCUT2D eigenvalue weighted by molar-refractivity contribution is 0.100. The SMILES string of the molecule is CN(CCc1cccs1)c1c(Cl)cc(N)cc1C(N)=O. The van der Waals surface area contributed by atoms with E-state index in [4.69, 9.17) is 23.1 Å². The summed E-state index contributed by atoms with van der Waals surface area (Å²) in [5.41, 5.74) is 12.5. The number of hydrogen-bond donors (Lipinski definition) is 2. The molecule has 0 aliphatic heterocycles. The molecular formula is C14H16ClN3OS. The lowest BCUT2D eigenvalue weighted by Gasteiger charge is -2.23. The first-order valence-corrected chi connectivity index (χ1v) is 7.37. The van der Waals surface area contributed by atoms with Crippen molar-refractivity contribution >= 4 is 40.2 Å². The van der Waals surface area contributed by atoms with E-state index in [-0.39, 0.29) is 0 Å². The number of primary amides is 1. The number of benzene rings is 1. The molecule has 0 aliphatic rings. The van der Waals surface area contributed by atoms with Crippen LogP contribution in [-0.4, -0.2) is 19.5 Å². The van der Waals surface area contributed by atoms with Gasteiger partial charge in [-0.05, 0) is 30.0 Å².